The summed E-state index contributed by atoms with van der Waals surface area (Å²) in [5.41, 5.74) is 0.636. The number of thioether (sulfide) groups is 1. The van der Waals surface area contributed by atoms with E-state index in [1.807, 2.05) is 34.6 Å². The van der Waals surface area contributed by atoms with Crippen molar-refractivity contribution in [2.45, 2.75) is 56.8 Å². The summed E-state index contributed by atoms with van der Waals surface area (Å²) in [7, 11) is 0. The van der Waals surface area contributed by atoms with Crippen LogP contribution in [0.2, 0.25) is 0 Å². The van der Waals surface area contributed by atoms with Gasteiger partial charge in [0.15, 0.2) is 0 Å². The SMILES string of the molecule is CC(C)NCc1cc(F)c(SC(C)(C)C)c(F)c1. The Bertz CT molecular complexity index is 388. The molecule has 1 nitrogen and oxygen atoms in total. The molecule has 0 bridgehead atoms. The summed E-state index contributed by atoms with van der Waals surface area (Å²) >= 11 is 1.22. The van der Waals surface area contributed by atoms with Crippen molar-refractivity contribution in [1.82, 2.24) is 5.32 Å². The van der Waals surface area contributed by atoms with Crippen LogP contribution in [0.1, 0.15) is 40.2 Å². The van der Waals surface area contributed by atoms with Crippen LogP contribution >= 0.6 is 11.8 Å². The minimum atomic E-state index is -0.476. The Morgan fingerprint density at radius 1 is 1.17 bits per heavy atom. The first-order valence-corrected chi connectivity index (χ1v) is 6.91. The lowest BCUT2D eigenvalue weighted by atomic mass is 10.2. The third-order valence-electron chi connectivity index (χ3n) is 2.18. The average molecular weight is 273 g/mol. The summed E-state index contributed by atoms with van der Waals surface area (Å²) < 4.78 is 27.5. The first kappa shape index (κ1) is 15.4. The molecule has 0 saturated heterocycles. The molecule has 0 saturated carbocycles. The van der Waals surface area contributed by atoms with Gasteiger partial charge in [0, 0.05) is 17.3 Å². The van der Waals surface area contributed by atoms with E-state index in [2.05, 4.69) is 5.32 Å². The van der Waals surface area contributed by atoms with E-state index in [0.717, 1.165) is 0 Å². The molecule has 0 fully saturated rings. The third kappa shape index (κ3) is 4.94. The van der Waals surface area contributed by atoms with E-state index < -0.39 is 11.6 Å². The molecule has 0 atom stereocenters. The molecule has 0 spiro atoms. The fourth-order valence-electron chi connectivity index (χ4n) is 1.44. The second-order valence-electron chi connectivity index (χ2n) is 5.64. The van der Waals surface area contributed by atoms with Gasteiger partial charge in [0.1, 0.15) is 11.6 Å². The zero-order chi connectivity index (χ0) is 13.9. The van der Waals surface area contributed by atoms with Gasteiger partial charge in [-0.3, -0.25) is 0 Å². The molecule has 1 aromatic rings. The van der Waals surface area contributed by atoms with Gasteiger partial charge in [0.2, 0.25) is 0 Å². The van der Waals surface area contributed by atoms with Crippen molar-refractivity contribution in [3.05, 3.63) is 29.3 Å². The van der Waals surface area contributed by atoms with Crippen LogP contribution < -0.4 is 5.32 Å². The van der Waals surface area contributed by atoms with Crippen LogP contribution in [0, 0.1) is 11.6 Å². The van der Waals surface area contributed by atoms with E-state index in [0.29, 0.717) is 18.2 Å². The maximum absolute atomic E-state index is 13.9. The predicted octanol–water partition coefficient (Wildman–Crippen LogP) is 4.35. The Kier molecular flexibility index (Phi) is 5.17. The Hall–Kier alpha value is -0.610. The number of rotatable bonds is 4. The highest BCUT2D eigenvalue weighted by Gasteiger charge is 2.19. The van der Waals surface area contributed by atoms with E-state index in [9.17, 15) is 8.78 Å². The standard InChI is InChI=1S/C14H21F2NS/c1-9(2)17-8-10-6-11(15)13(12(16)7-10)18-14(3,4)5/h6-7,9,17H,8H2,1-5H3. The van der Waals surface area contributed by atoms with Crippen molar-refractivity contribution in [1.29, 1.82) is 0 Å². The highest BCUT2D eigenvalue weighted by atomic mass is 32.2. The van der Waals surface area contributed by atoms with Gasteiger partial charge >= 0.3 is 0 Å². The maximum Gasteiger partial charge on any atom is 0.140 e. The van der Waals surface area contributed by atoms with Crippen LogP contribution in [0.4, 0.5) is 8.78 Å². The Balaban J connectivity index is 2.91. The van der Waals surface area contributed by atoms with Crippen molar-refractivity contribution in [2.75, 3.05) is 0 Å². The van der Waals surface area contributed by atoms with Crippen LogP contribution in [0.5, 0.6) is 0 Å². The quantitative estimate of drug-likeness (QED) is 0.818. The van der Waals surface area contributed by atoms with Gasteiger partial charge < -0.3 is 5.32 Å². The molecule has 0 radical (unpaired) electrons. The van der Waals surface area contributed by atoms with Gasteiger partial charge in [-0.15, -0.1) is 11.8 Å². The molecule has 0 aliphatic heterocycles. The molecular weight excluding hydrogens is 252 g/mol. The molecule has 102 valence electrons. The van der Waals surface area contributed by atoms with Crippen molar-refractivity contribution in [2.24, 2.45) is 0 Å². The summed E-state index contributed by atoms with van der Waals surface area (Å²) in [6.07, 6.45) is 0. The lowest BCUT2D eigenvalue weighted by Gasteiger charge is -2.19. The number of hydrogen-bond donors (Lipinski definition) is 1. The zero-order valence-corrected chi connectivity index (χ0v) is 12.4. The minimum absolute atomic E-state index is 0.107. The van der Waals surface area contributed by atoms with Gasteiger partial charge in [0.25, 0.3) is 0 Å². The van der Waals surface area contributed by atoms with E-state index in [1.54, 1.807) is 0 Å². The predicted molar refractivity (Wildman–Crippen MR) is 73.9 cm³/mol. The van der Waals surface area contributed by atoms with Gasteiger partial charge in [0.05, 0.1) is 4.90 Å². The second-order valence-corrected chi connectivity index (χ2v) is 7.48. The molecular formula is C14H21F2NS. The molecule has 1 rings (SSSR count). The maximum atomic E-state index is 13.9. The van der Waals surface area contributed by atoms with Gasteiger partial charge in [-0.1, -0.05) is 34.6 Å². The van der Waals surface area contributed by atoms with Crippen LogP contribution in [-0.2, 0) is 6.54 Å². The first-order chi connectivity index (χ1) is 8.19. The van der Waals surface area contributed by atoms with Crippen molar-refractivity contribution in [3.63, 3.8) is 0 Å². The fourth-order valence-corrected chi connectivity index (χ4v) is 2.37. The van der Waals surface area contributed by atoms with Crippen molar-refractivity contribution >= 4 is 11.8 Å². The highest BCUT2D eigenvalue weighted by molar-refractivity contribution is 8.00. The normalized spacial score (nSPS) is 12.2. The molecule has 1 aromatic carbocycles. The minimum Gasteiger partial charge on any atom is -0.310 e. The summed E-state index contributed by atoms with van der Waals surface area (Å²) in [5.74, 6) is -0.953. The second kappa shape index (κ2) is 6.02. The van der Waals surface area contributed by atoms with Gasteiger partial charge in [-0.25, -0.2) is 8.78 Å². The first-order valence-electron chi connectivity index (χ1n) is 6.09. The molecule has 4 heteroatoms. The lowest BCUT2D eigenvalue weighted by Crippen LogP contribution is -2.22. The van der Waals surface area contributed by atoms with Crippen molar-refractivity contribution in [3.8, 4) is 0 Å². The molecule has 18 heavy (non-hydrogen) atoms. The fraction of sp³-hybridized carbons (Fsp3) is 0.571. The number of hydrogen-bond acceptors (Lipinski definition) is 2. The Labute approximate surface area is 112 Å². The van der Waals surface area contributed by atoms with Crippen LogP contribution in [0.25, 0.3) is 0 Å². The molecule has 0 aliphatic carbocycles. The number of nitrogens with one attached hydrogen (secondary N) is 1. The van der Waals surface area contributed by atoms with Crippen LogP contribution in [-0.4, -0.2) is 10.8 Å². The summed E-state index contributed by atoms with van der Waals surface area (Å²) in [6.45, 7) is 10.3. The molecule has 0 amide bonds. The summed E-state index contributed by atoms with van der Waals surface area (Å²) in [4.78, 5) is 0.107. The van der Waals surface area contributed by atoms with E-state index in [-0.39, 0.29) is 9.64 Å². The lowest BCUT2D eigenvalue weighted by molar-refractivity contribution is 0.527. The zero-order valence-electron chi connectivity index (χ0n) is 11.6. The Morgan fingerprint density at radius 2 is 1.67 bits per heavy atom. The topological polar surface area (TPSA) is 12.0 Å². The van der Waals surface area contributed by atoms with Crippen LogP contribution in [0.15, 0.2) is 17.0 Å². The smallest absolute Gasteiger partial charge is 0.140 e. The van der Waals surface area contributed by atoms with Crippen molar-refractivity contribution < 1.29 is 8.78 Å². The summed E-state index contributed by atoms with van der Waals surface area (Å²) in [5, 5.41) is 3.14. The third-order valence-corrected chi connectivity index (χ3v) is 3.39. The molecule has 0 aromatic heterocycles. The number of benzene rings is 1. The molecule has 0 unspecified atom stereocenters. The largest absolute Gasteiger partial charge is 0.310 e. The molecule has 1 N–H and O–H groups in total. The van der Waals surface area contributed by atoms with E-state index in [1.165, 1.54) is 23.9 Å². The van der Waals surface area contributed by atoms with E-state index in [4.69, 9.17) is 0 Å². The monoisotopic (exact) mass is 273 g/mol. The van der Waals surface area contributed by atoms with Gasteiger partial charge in [-0.05, 0) is 17.7 Å². The number of halogens is 2. The van der Waals surface area contributed by atoms with Crippen LogP contribution in [0.3, 0.4) is 0 Å². The average Bonchev–Trinajstić information content (AvgIpc) is 2.19. The molecule has 0 aliphatic rings. The molecule has 0 heterocycles. The summed E-state index contributed by atoms with van der Waals surface area (Å²) in [6, 6.07) is 3.11. The Morgan fingerprint density at radius 3 is 2.06 bits per heavy atom. The highest BCUT2D eigenvalue weighted by Crippen LogP contribution is 2.35. The van der Waals surface area contributed by atoms with E-state index >= 15 is 0 Å². The van der Waals surface area contributed by atoms with Gasteiger partial charge in [-0.2, -0.15) is 0 Å².